The van der Waals surface area contributed by atoms with Crippen LogP contribution in [0.15, 0.2) is 71.3 Å². The van der Waals surface area contributed by atoms with Gasteiger partial charge in [-0.2, -0.15) is 0 Å². The molecule has 0 atom stereocenters. The maximum Gasteiger partial charge on any atom is 0.311 e. The molecule has 5 heteroatoms. The fraction of sp³-hybridized carbons (Fsp3) is 0. The number of hydrogen-bond donors (Lipinski definition) is 0. The fourth-order valence-electron chi connectivity index (χ4n) is 1.95. The third kappa shape index (κ3) is 2.76. The molecule has 3 rings (SSSR count). The summed E-state index contributed by atoms with van der Waals surface area (Å²) < 4.78 is 10.9. The van der Waals surface area contributed by atoms with Gasteiger partial charge in [-0.15, -0.1) is 0 Å². The van der Waals surface area contributed by atoms with E-state index in [1.165, 1.54) is 6.07 Å². The molecule has 0 aliphatic rings. The van der Waals surface area contributed by atoms with Crippen molar-refractivity contribution in [3.63, 3.8) is 0 Å². The van der Waals surface area contributed by atoms with E-state index in [-0.39, 0.29) is 11.4 Å². The van der Waals surface area contributed by atoms with Gasteiger partial charge in [-0.05, 0) is 42.5 Å². The molecule has 1 heterocycles. The molecule has 0 aliphatic carbocycles. The second kappa shape index (κ2) is 5.50. The SMILES string of the molecule is O=[N+]([O-])c1ccccc1Oc1ccc(-c2ccco2)cc1. The zero-order chi connectivity index (χ0) is 14.7. The Kier molecular flexibility index (Phi) is 3.39. The summed E-state index contributed by atoms with van der Waals surface area (Å²) in [5.41, 5.74) is 0.850. The van der Waals surface area contributed by atoms with E-state index in [0.717, 1.165) is 11.3 Å². The number of hydrogen-bond acceptors (Lipinski definition) is 4. The number of benzene rings is 2. The van der Waals surface area contributed by atoms with Crippen molar-refractivity contribution in [2.75, 3.05) is 0 Å². The highest BCUT2D eigenvalue weighted by molar-refractivity contribution is 5.58. The smallest absolute Gasteiger partial charge is 0.311 e. The van der Waals surface area contributed by atoms with Gasteiger partial charge in [-0.1, -0.05) is 12.1 Å². The normalized spacial score (nSPS) is 10.3. The summed E-state index contributed by atoms with van der Waals surface area (Å²) >= 11 is 0. The van der Waals surface area contributed by atoms with Gasteiger partial charge in [0.05, 0.1) is 11.2 Å². The van der Waals surface area contributed by atoms with Crippen LogP contribution in [-0.4, -0.2) is 4.92 Å². The van der Waals surface area contributed by atoms with E-state index >= 15 is 0 Å². The maximum absolute atomic E-state index is 10.9. The Morgan fingerprint density at radius 3 is 2.38 bits per heavy atom. The summed E-state index contributed by atoms with van der Waals surface area (Å²) in [4.78, 5) is 10.5. The average molecular weight is 281 g/mol. The van der Waals surface area contributed by atoms with E-state index in [1.807, 2.05) is 24.3 Å². The van der Waals surface area contributed by atoms with Crippen molar-refractivity contribution in [1.29, 1.82) is 0 Å². The van der Waals surface area contributed by atoms with Gasteiger partial charge in [0.1, 0.15) is 11.5 Å². The summed E-state index contributed by atoms with van der Waals surface area (Å²) in [6.07, 6.45) is 1.60. The largest absolute Gasteiger partial charge is 0.464 e. The quantitative estimate of drug-likeness (QED) is 0.516. The van der Waals surface area contributed by atoms with E-state index in [2.05, 4.69) is 0 Å². The molecule has 2 aromatic carbocycles. The fourth-order valence-corrected chi connectivity index (χ4v) is 1.95. The second-order valence-corrected chi connectivity index (χ2v) is 4.33. The number of nitrogens with zero attached hydrogens (tertiary/aromatic N) is 1. The Labute approximate surface area is 120 Å². The molecule has 0 unspecified atom stereocenters. The molecule has 3 aromatic rings. The van der Waals surface area contributed by atoms with Crippen molar-refractivity contribution in [2.45, 2.75) is 0 Å². The number of nitro benzene ring substituents is 1. The summed E-state index contributed by atoms with van der Waals surface area (Å²) in [6, 6.07) is 17.1. The van der Waals surface area contributed by atoms with E-state index < -0.39 is 4.92 Å². The Balaban J connectivity index is 1.84. The van der Waals surface area contributed by atoms with E-state index in [9.17, 15) is 10.1 Å². The third-order valence-electron chi connectivity index (χ3n) is 2.95. The van der Waals surface area contributed by atoms with Crippen LogP contribution in [0.3, 0.4) is 0 Å². The number of ether oxygens (including phenoxy) is 1. The molecule has 0 fully saturated rings. The molecule has 1 aromatic heterocycles. The van der Waals surface area contributed by atoms with Gasteiger partial charge in [-0.3, -0.25) is 10.1 Å². The lowest BCUT2D eigenvalue weighted by atomic mass is 10.2. The Morgan fingerprint density at radius 1 is 0.952 bits per heavy atom. The van der Waals surface area contributed by atoms with Crippen molar-refractivity contribution in [1.82, 2.24) is 0 Å². The Morgan fingerprint density at radius 2 is 1.71 bits per heavy atom. The van der Waals surface area contributed by atoms with Crippen molar-refractivity contribution >= 4 is 5.69 Å². The molecule has 0 radical (unpaired) electrons. The zero-order valence-electron chi connectivity index (χ0n) is 10.9. The Bertz CT molecular complexity index is 748. The van der Waals surface area contributed by atoms with Crippen LogP contribution >= 0.6 is 0 Å². The molecule has 0 N–H and O–H groups in total. The minimum Gasteiger partial charge on any atom is -0.464 e. The summed E-state index contributed by atoms with van der Waals surface area (Å²) in [5, 5.41) is 10.9. The lowest BCUT2D eigenvalue weighted by molar-refractivity contribution is -0.385. The standard InChI is InChI=1S/C16H11NO4/c18-17(19)14-4-1-2-5-16(14)21-13-9-7-12(8-10-13)15-6-3-11-20-15/h1-11H. The molecule has 0 bridgehead atoms. The number of rotatable bonds is 4. The van der Waals surface area contributed by atoms with Crippen molar-refractivity contribution in [3.8, 4) is 22.8 Å². The monoisotopic (exact) mass is 281 g/mol. The molecular weight excluding hydrogens is 270 g/mol. The van der Waals surface area contributed by atoms with E-state index in [4.69, 9.17) is 9.15 Å². The first kappa shape index (κ1) is 12.9. The van der Waals surface area contributed by atoms with Crippen LogP contribution in [0.5, 0.6) is 11.5 Å². The van der Waals surface area contributed by atoms with Crippen LogP contribution < -0.4 is 4.74 Å². The lowest BCUT2D eigenvalue weighted by Gasteiger charge is -2.06. The molecule has 0 saturated heterocycles. The summed E-state index contributed by atoms with van der Waals surface area (Å²) in [5.74, 6) is 1.50. The zero-order valence-corrected chi connectivity index (χ0v) is 10.9. The van der Waals surface area contributed by atoms with Crippen LogP contribution in [0.25, 0.3) is 11.3 Å². The summed E-state index contributed by atoms with van der Waals surface area (Å²) in [6.45, 7) is 0. The van der Waals surface area contributed by atoms with E-state index in [0.29, 0.717) is 5.75 Å². The summed E-state index contributed by atoms with van der Waals surface area (Å²) in [7, 11) is 0. The molecule has 21 heavy (non-hydrogen) atoms. The van der Waals surface area contributed by atoms with E-state index in [1.54, 1.807) is 36.6 Å². The molecule has 0 amide bonds. The Hall–Kier alpha value is -3.08. The minimum absolute atomic E-state index is 0.0624. The predicted molar refractivity (Wildman–Crippen MR) is 77.3 cm³/mol. The van der Waals surface area contributed by atoms with Gasteiger partial charge >= 0.3 is 5.69 Å². The van der Waals surface area contributed by atoms with Gasteiger partial charge in [0, 0.05) is 11.6 Å². The van der Waals surface area contributed by atoms with Crippen LogP contribution in [0.1, 0.15) is 0 Å². The number of para-hydroxylation sites is 2. The van der Waals surface area contributed by atoms with Crippen molar-refractivity contribution < 1.29 is 14.1 Å². The molecule has 0 aliphatic heterocycles. The average Bonchev–Trinajstić information content (AvgIpc) is 3.03. The first-order valence-electron chi connectivity index (χ1n) is 6.29. The lowest BCUT2D eigenvalue weighted by Crippen LogP contribution is -1.92. The molecule has 5 nitrogen and oxygen atoms in total. The third-order valence-corrected chi connectivity index (χ3v) is 2.95. The van der Waals surface area contributed by atoms with Gasteiger partial charge < -0.3 is 9.15 Å². The van der Waals surface area contributed by atoms with Gasteiger partial charge in [0.2, 0.25) is 5.75 Å². The van der Waals surface area contributed by atoms with Crippen LogP contribution in [0.2, 0.25) is 0 Å². The number of nitro groups is 1. The predicted octanol–water partition coefficient (Wildman–Crippen LogP) is 4.65. The van der Waals surface area contributed by atoms with Gasteiger partial charge in [0.15, 0.2) is 0 Å². The van der Waals surface area contributed by atoms with Crippen molar-refractivity contribution in [2.24, 2.45) is 0 Å². The molecular formula is C16H11NO4. The molecule has 0 spiro atoms. The van der Waals surface area contributed by atoms with Gasteiger partial charge in [-0.25, -0.2) is 0 Å². The maximum atomic E-state index is 10.9. The number of furan rings is 1. The second-order valence-electron chi connectivity index (χ2n) is 4.33. The van der Waals surface area contributed by atoms with Crippen molar-refractivity contribution in [3.05, 3.63) is 77.0 Å². The highest BCUT2D eigenvalue weighted by atomic mass is 16.6. The highest BCUT2D eigenvalue weighted by Crippen LogP contribution is 2.31. The highest BCUT2D eigenvalue weighted by Gasteiger charge is 2.14. The minimum atomic E-state index is -0.466. The topological polar surface area (TPSA) is 65.5 Å². The van der Waals surface area contributed by atoms with Crippen LogP contribution in [0, 0.1) is 10.1 Å². The first-order chi connectivity index (χ1) is 10.2. The molecule has 104 valence electrons. The first-order valence-corrected chi connectivity index (χ1v) is 6.29. The van der Waals surface area contributed by atoms with Gasteiger partial charge in [0.25, 0.3) is 0 Å². The van der Waals surface area contributed by atoms with Crippen LogP contribution in [0.4, 0.5) is 5.69 Å². The van der Waals surface area contributed by atoms with Crippen LogP contribution in [-0.2, 0) is 0 Å². The molecule has 0 saturated carbocycles.